The van der Waals surface area contributed by atoms with Crippen LogP contribution in [0.25, 0.3) is 0 Å². The number of carbonyl (C=O) groups excluding carboxylic acids is 1. The second-order valence-corrected chi connectivity index (χ2v) is 5.16. The van der Waals surface area contributed by atoms with Crippen molar-refractivity contribution < 1.29 is 9.53 Å². The maximum Gasteiger partial charge on any atom is 0.225 e. The zero-order valence-corrected chi connectivity index (χ0v) is 12.0. The van der Waals surface area contributed by atoms with Crippen molar-refractivity contribution >= 4 is 11.6 Å². The summed E-state index contributed by atoms with van der Waals surface area (Å²) < 4.78 is 5.35. The average molecular weight is 277 g/mol. The van der Waals surface area contributed by atoms with Crippen LogP contribution in [0.3, 0.4) is 0 Å². The normalized spacial score (nSPS) is 18.4. The molecule has 0 saturated carbocycles. The molecule has 1 heterocycles. The summed E-state index contributed by atoms with van der Waals surface area (Å²) in [6.07, 6.45) is 1.53. The number of para-hydroxylation sites is 1. The largest absolute Gasteiger partial charge is 0.380 e. The highest BCUT2D eigenvalue weighted by Crippen LogP contribution is 2.15. The molecule has 1 aliphatic heterocycles. The summed E-state index contributed by atoms with van der Waals surface area (Å²) in [4.78, 5) is 14.2. The van der Waals surface area contributed by atoms with E-state index in [4.69, 9.17) is 10.5 Å². The molecule has 0 spiro atoms. The van der Waals surface area contributed by atoms with Crippen molar-refractivity contribution in [2.75, 3.05) is 32.1 Å². The molecule has 1 saturated heterocycles. The number of nitrogens with two attached hydrogens (primary N) is 1. The first kappa shape index (κ1) is 15.0. The summed E-state index contributed by atoms with van der Waals surface area (Å²) >= 11 is 0. The maximum absolute atomic E-state index is 12.0. The molecule has 3 N–H and O–H groups in total. The SMILES string of the molecule is CN(CCC(=O)Nc1ccccc1CN)C1CCOC1. The zero-order valence-electron chi connectivity index (χ0n) is 12.0. The number of anilines is 1. The van der Waals surface area contributed by atoms with Crippen LogP contribution in [-0.4, -0.2) is 43.7 Å². The van der Waals surface area contributed by atoms with E-state index < -0.39 is 0 Å². The van der Waals surface area contributed by atoms with Gasteiger partial charge in [0.1, 0.15) is 0 Å². The first-order valence-electron chi connectivity index (χ1n) is 7.06. The lowest BCUT2D eigenvalue weighted by atomic mass is 10.1. The van der Waals surface area contributed by atoms with Gasteiger partial charge in [-0.15, -0.1) is 0 Å². The lowest BCUT2D eigenvalue weighted by Gasteiger charge is -2.22. The number of hydrogen-bond acceptors (Lipinski definition) is 4. The molecule has 1 fully saturated rings. The molecular weight excluding hydrogens is 254 g/mol. The van der Waals surface area contributed by atoms with Crippen LogP contribution in [0.5, 0.6) is 0 Å². The lowest BCUT2D eigenvalue weighted by Crippen LogP contribution is -2.34. The van der Waals surface area contributed by atoms with Gasteiger partial charge >= 0.3 is 0 Å². The fourth-order valence-electron chi connectivity index (χ4n) is 2.36. The molecular formula is C15H23N3O2. The van der Waals surface area contributed by atoms with Crippen LogP contribution < -0.4 is 11.1 Å². The van der Waals surface area contributed by atoms with Gasteiger partial charge in [-0.25, -0.2) is 0 Å². The monoisotopic (exact) mass is 277 g/mol. The third-order valence-corrected chi connectivity index (χ3v) is 3.73. The van der Waals surface area contributed by atoms with Gasteiger partial charge in [0, 0.05) is 37.8 Å². The lowest BCUT2D eigenvalue weighted by molar-refractivity contribution is -0.116. The van der Waals surface area contributed by atoms with Crippen LogP contribution in [0.4, 0.5) is 5.69 Å². The number of hydrogen-bond donors (Lipinski definition) is 2. The number of nitrogens with one attached hydrogen (secondary N) is 1. The Labute approximate surface area is 120 Å². The van der Waals surface area contributed by atoms with Crippen LogP contribution in [0.2, 0.25) is 0 Å². The molecule has 1 aromatic rings. The molecule has 0 aromatic heterocycles. The highest BCUT2D eigenvalue weighted by atomic mass is 16.5. The van der Waals surface area contributed by atoms with Crippen molar-refractivity contribution in [3.05, 3.63) is 29.8 Å². The fraction of sp³-hybridized carbons (Fsp3) is 0.533. The van der Waals surface area contributed by atoms with E-state index in [1.54, 1.807) is 0 Å². The minimum Gasteiger partial charge on any atom is -0.380 e. The van der Waals surface area contributed by atoms with Crippen molar-refractivity contribution in [1.29, 1.82) is 0 Å². The number of carbonyl (C=O) groups is 1. The van der Waals surface area contributed by atoms with Gasteiger partial charge in [0.15, 0.2) is 0 Å². The predicted molar refractivity (Wildman–Crippen MR) is 79.4 cm³/mol. The first-order chi connectivity index (χ1) is 9.70. The number of nitrogens with zero attached hydrogens (tertiary/aromatic N) is 1. The van der Waals surface area contributed by atoms with Gasteiger partial charge in [-0.1, -0.05) is 18.2 Å². The highest BCUT2D eigenvalue weighted by Gasteiger charge is 2.20. The van der Waals surface area contributed by atoms with Crippen molar-refractivity contribution in [3.8, 4) is 0 Å². The minimum absolute atomic E-state index is 0.0247. The Morgan fingerprint density at radius 2 is 2.30 bits per heavy atom. The molecule has 1 amide bonds. The molecule has 20 heavy (non-hydrogen) atoms. The molecule has 5 nitrogen and oxygen atoms in total. The quantitative estimate of drug-likeness (QED) is 0.820. The molecule has 1 atom stereocenters. The predicted octanol–water partition coefficient (Wildman–Crippen LogP) is 1.19. The number of ether oxygens (including phenoxy) is 1. The van der Waals surface area contributed by atoms with Crippen LogP contribution in [0.15, 0.2) is 24.3 Å². The van der Waals surface area contributed by atoms with E-state index in [1.165, 1.54) is 0 Å². The Balaban J connectivity index is 1.80. The maximum atomic E-state index is 12.0. The summed E-state index contributed by atoms with van der Waals surface area (Å²) in [6, 6.07) is 8.08. The Bertz CT molecular complexity index is 444. The molecule has 110 valence electrons. The van der Waals surface area contributed by atoms with Gasteiger partial charge in [-0.05, 0) is 25.1 Å². The Morgan fingerprint density at radius 1 is 1.50 bits per heavy atom. The Kier molecular flexibility index (Phi) is 5.52. The Morgan fingerprint density at radius 3 is 3.00 bits per heavy atom. The molecule has 1 aromatic carbocycles. The van der Waals surface area contributed by atoms with E-state index >= 15 is 0 Å². The third kappa shape index (κ3) is 4.03. The number of amides is 1. The second kappa shape index (κ2) is 7.38. The van der Waals surface area contributed by atoms with Gasteiger partial charge in [-0.2, -0.15) is 0 Å². The average Bonchev–Trinajstić information content (AvgIpc) is 2.99. The standard InChI is InChI=1S/C15H23N3O2/c1-18(13-7-9-20-11-13)8-6-15(19)17-14-5-3-2-4-12(14)10-16/h2-5,13H,6-11,16H2,1H3,(H,17,19). The second-order valence-electron chi connectivity index (χ2n) is 5.16. The zero-order chi connectivity index (χ0) is 14.4. The smallest absolute Gasteiger partial charge is 0.225 e. The fourth-order valence-corrected chi connectivity index (χ4v) is 2.36. The van der Waals surface area contributed by atoms with E-state index in [9.17, 15) is 4.79 Å². The van der Waals surface area contributed by atoms with Crippen molar-refractivity contribution in [2.24, 2.45) is 5.73 Å². The summed E-state index contributed by atoms with van der Waals surface area (Å²) in [6.45, 7) is 2.76. The third-order valence-electron chi connectivity index (χ3n) is 3.73. The van der Waals surface area contributed by atoms with Crippen LogP contribution in [-0.2, 0) is 16.1 Å². The number of likely N-dealkylation sites (N-methyl/N-ethyl adjacent to an activating group) is 1. The van der Waals surface area contributed by atoms with Gasteiger partial charge in [-0.3, -0.25) is 4.79 Å². The Hall–Kier alpha value is -1.43. The van der Waals surface area contributed by atoms with Crippen molar-refractivity contribution in [1.82, 2.24) is 4.90 Å². The van der Waals surface area contributed by atoms with Crippen LogP contribution >= 0.6 is 0 Å². The summed E-state index contributed by atoms with van der Waals surface area (Å²) in [5.74, 6) is 0.0247. The molecule has 2 rings (SSSR count). The van der Waals surface area contributed by atoms with Crippen LogP contribution in [0.1, 0.15) is 18.4 Å². The topological polar surface area (TPSA) is 67.6 Å². The summed E-state index contributed by atoms with van der Waals surface area (Å²) in [5.41, 5.74) is 7.43. The van der Waals surface area contributed by atoms with E-state index in [0.717, 1.165) is 37.4 Å². The number of benzene rings is 1. The number of rotatable bonds is 6. The molecule has 1 aliphatic rings. The van der Waals surface area contributed by atoms with E-state index in [0.29, 0.717) is 19.0 Å². The highest BCUT2D eigenvalue weighted by molar-refractivity contribution is 5.91. The summed E-state index contributed by atoms with van der Waals surface area (Å²) in [5, 5.41) is 2.93. The summed E-state index contributed by atoms with van der Waals surface area (Å²) in [7, 11) is 2.04. The molecule has 0 bridgehead atoms. The van der Waals surface area contributed by atoms with Gasteiger partial charge < -0.3 is 20.7 Å². The molecule has 1 unspecified atom stereocenters. The van der Waals surface area contributed by atoms with E-state index in [2.05, 4.69) is 10.2 Å². The van der Waals surface area contributed by atoms with Crippen LogP contribution in [0, 0.1) is 0 Å². The van der Waals surface area contributed by atoms with Gasteiger partial charge in [0.25, 0.3) is 0 Å². The molecule has 0 aliphatic carbocycles. The van der Waals surface area contributed by atoms with E-state index in [1.807, 2.05) is 31.3 Å². The molecule has 0 radical (unpaired) electrons. The van der Waals surface area contributed by atoms with Crippen molar-refractivity contribution in [3.63, 3.8) is 0 Å². The van der Waals surface area contributed by atoms with Crippen molar-refractivity contribution in [2.45, 2.75) is 25.4 Å². The minimum atomic E-state index is 0.0247. The first-order valence-corrected chi connectivity index (χ1v) is 7.06. The van der Waals surface area contributed by atoms with E-state index in [-0.39, 0.29) is 5.91 Å². The molecule has 5 heteroatoms. The van der Waals surface area contributed by atoms with Gasteiger partial charge in [0.2, 0.25) is 5.91 Å². The van der Waals surface area contributed by atoms with Gasteiger partial charge in [0.05, 0.1) is 6.61 Å².